The minimum Gasteiger partial charge on any atom is -0.333 e. The van der Waals surface area contributed by atoms with Crippen LogP contribution in [-0.2, 0) is 9.84 Å². The number of anilines is 1. The predicted molar refractivity (Wildman–Crippen MR) is 82.3 cm³/mol. The van der Waals surface area contributed by atoms with Gasteiger partial charge in [0.15, 0.2) is 9.84 Å². The van der Waals surface area contributed by atoms with Gasteiger partial charge in [-0.2, -0.15) is 0 Å². The zero-order valence-corrected chi connectivity index (χ0v) is 13.3. The summed E-state index contributed by atoms with van der Waals surface area (Å²) in [5.74, 6) is -0.205. The molecule has 21 heavy (non-hydrogen) atoms. The van der Waals surface area contributed by atoms with Gasteiger partial charge in [0.25, 0.3) is 0 Å². The predicted octanol–water partition coefficient (Wildman–Crippen LogP) is 1.53. The summed E-state index contributed by atoms with van der Waals surface area (Å²) in [6.45, 7) is 5.48. The van der Waals surface area contributed by atoms with Gasteiger partial charge in [0.05, 0.1) is 4.90 Å². The van der Waals surface area contributed by atoms with Crippen molar-refractivity contribution in [2.45, 2.75) is 31.2 Å². The highest BCUT2D eigenvalue weighted by molar-refractivity contribution is 7.90. The molecule has 0 fully saturated rings. The number of carbonyl (C=O) groups excluding carboxylic acids is 1. The number of nitrogens with one attached hydrogen (secondary N) is 4. The van der Waals surface area contributed by atoms with Gasteiger partial charge in [-0.25, -0.2) is 13.2 Å². The van der Waals surface area contributed by atoms with Crippen LogP contribution in [0.25, 0.3) is 0 Å². The number of carbonyl (C=O) groups is 1. The molecule has 0 unspecified atom stereocenters. The van der Waals surface area contributed by atoms with E-state index in [0.717, 1.165) is 6.26 Å². The lowest BCUT2D eigenvalue weighted by Gasteiger charge is -2.21. The molecule has 0 heterocycles. The fourth-order valence-electron chi connectivity index (χ4n) is 1.45. The quantitative estimate of drug-likeness (QED) is 0.490. The number of amides is 2. The Labute approximate surface area is 124 Å². The van der Waals surface area contributed by atoms with Crippen LogP contribution in [0.4, 0.5) is 10.5 Å². The molecule has 1 rings (SSSR count). The van der Waals surface area contributed by atoms with Crippen molar-refractivity contribution in [1.82, 2.24) is 10.6 Å². The first-order valence-corrected chi connectivity index (χ1v) is 8.11. The second-order valence-corrected chi connectivity index (χ2v) is 7.64. The van der Waals surface area contributed by atoms with Crippen LogP contribution in [0.15, 0.2) is 29.2 Å². The van der Waals surface area contributed by atoms with Crippen molar-refractivity contribution in [3.05, 3.63) is 24.3 Å². The van der Waals surface area contributed by atoms with Gasteiger partial charge in [0.1, 0.15) is 0 Å². The Morgan fingerprint density at radius 1 is 1.14 bits per heavy atom. The van der Waals surface area contributed by atoms with E-state index < -0.39 is 21.4 Å². The second kappa shape index (κ2) is 6.13. The van der Waals surface area contributed by atoms with Crippen LogP contribution in [0.2, 0.25) is 0 Å². The zero-order valence-electron chi connectivity index (χ0n) is 12.4. The second-order valence-electron chi connectivity index (χ2n) is 5.63. The van der Waals surface area contributed by atoms with E-state index >= 15 is 0 Å². The highest BCUT2D eigenvalue weighted by atomic mass is 32.2. The molecule has 0 saturated heterocycles. The van der Waals surface area contributed by atoms with Crippen LogP contribution >= 0.6 is 0 Å². The maximum Gasteiger partial charge on any atom is 0.321 e. The van der Waals surface area contributed by atoms with E-state index in [1.807, 2.05) is 20.8 Å². The molecule has 0 aliphatic heterocycles. The summed E-state index contributed by atoms with van der Waals surface area (Å²) in [6, 6.07) is 5.41. The first-order valence-electron chi connectivity index (χ1n) is 6.22. The molecule has 0 aromatic heterocycles. The van der Waals surface area contributed by atoms with E-state index in [-0.39, 0.29) is 10.9 Å². The van der Waals surface area contributed by atoms with Crippen molar-refractivity contribution in [1.29, 1.82) is 5.41 Å². The van der Waals surface area contributed by atoms with Gasteiger partial charge >= 0.3 is 6.03 Å². The Hall–Kier alpha value is -2.09. The average Bonchev–Trinajstić information content (AvgIpc) is 2.25. The van der Waals surface area contributed by atoms with Gasteiger partial charge in [-0.1, -0.05) is 0 Å². The average molecular weight is 312 g/mol. The van der Waals surface area contributed by atoms with Gasteiger partial charge < -0.3 is 10.6 Å². The standard InChI is InChI=1S/C13H20N4O3S/c1-13(2,3)17-12(18)16-11(14)15-9-5-7-10(8-6-9)21(4,19)20/h5-8H,1-4H3,(H4,14,15,16,17,18). The summed E-state index contributed by atoms with van der Waals surface area (Å²) in [4.78, 5) is 11.8. The monoisotopic (exact) mass is 312 g/mol. The molecule has 7 nitrogen and oxygen atoms in total. The first-order chi connectivity index (χ1) is 9.47. The van der Waals surface area contributed by atoms with E-state index in [1.54, 1.807) is 0 Å². The van der Waals surface area contributed by atoms with Crippen molar-refractivity contribution in [3.63, 3.8) is 0 Å². The van der Waals surface area contributed by atoms with E-state index in [2.05, 4.69) is 16.0 Å². The third kappa shape index (κ3) is 6.26. The number of rotatable bonds is 2. The molecule has 116 valence electrons. The van der Waals surface area contributed by atoms with Crippen LogP contribution in [-0.4, -0.2) is 32.2 Å². The van der Waals surface area contributed by atoms with E-state index in [1.165, 1.54) is 24.3 Å². The van der Waals surface area contributed by atoms with Gasteiger partial charge in [-0.3, -0.25) is 10.7 Å². The fourth-order valence-corrected chi connectivity index (χ4v) is 2.08. The van der Waals surface area contributed by atoms with E-state index in [9.17, 15) is 13.2 Å². The van der Waals surface area contributed by atoms with E-state index in [4.69, 9.17) is 5.41 Å². The maximum absolute atomic E-state index is 11.6. The van der Waals surface area contributed by atoms with Gasteiger partial charge in [0, 0.05) is 17.5 Å². The summed E-state index contributed by atoms with van der Waals surface area (Å²) < 4.78 is 22.6. The molecule has 0 saturated carbocycles. The lowest BCUT2D eigenvalue weighted by Crippen LogP contribution is -2.49. The third-order valence-electron chi connectivity index (χ3n) is 2.28. The maximum atomic E-state index is 11.6. The summed E-state index contributed by atoms with van der Waals surface area (Å²) in [5, 5.41) is 15.3. The number of hydrogen-bond acceptors (Lipinski definition) is 4. The Bertz CT molecular complexity index is 630. The summed E-state index contributed by atoms with van der Waals surface area (Å²) in [7, 11) is -3.25. The smallest absolute Gasteiger partial charge is 0.321 e. The molecule has 4 N–H and O–H groups in total. The summed E-state index contributed by atoms with van der Waals surface area (Å²) >= 11 is 0. The molecule has 0 aliphatic rings. The Balaban J connectivity index is 2.62. The lowest BCUT2D eigenvalue weighted by atomic mass is 10.1. The van der Waals surface area contributed by atoms with Crippen molar-refractivity contribution in [2.24, 2.45) is 0 Å². The number of sulfone groups is 1. The van der Waals surface area contributed by atoms with Gasteiger partial charge in [0.2, 0.25) is 5.96 Å². The van der Waals surface area contributed by atoms with Crippen LogP contribution in [0.3, 0.4) is 0 Å². The minimum absolute atomic E-state index is 0.193. The Morgan fingerprint density at radius 2 is 1.67 bits per heavy atom. The number of urea groups is 1. The largest absolute Gasteiger partial charge is 0.333 e. The van der Waals surface area contributed by atoms with Crippen LogP contribution in [0.1, 0.15) is 20.8 Å². The third-order valence-corrected chi connectivity index (χ3v) is 3.41. The molecule has 0 aliphatic carbocycles. The zero-order chi connectivity index (χ0) is 16.3. The molecule has 0 radical (unpaired) electrons. The Kier molecular flexibility index (Phi) is 4.95. The molecular formula is C13H20N4O3S. The van der Waals surface area contributed by atoms with Crippen LogP contribution in [0.5, 0.6) is 0 Å². The number of guanidine groups is 1. The SMILES string of the molecule is CC(C)(C)NC(=O)NC(=N)Nc1ccc(S(C)(=O)=O)cc1. The molecule has 8 heteroatoms. The molecule has 2 amide bonds. The Morgan fingerprint density at radius 3 is 2.10 bits per heavy atom. The highest BCUT2D eigenvalue weighted by Crippen LogP contribution is 2.13. The number of benzene rings is 1. The highest BCUT2D eigenvalue weighted by Gasteiger charge is 2.14. The van der Waals surface area contributed by atoms with Crippen molar-refractivity contribution in [2.75, 3.05) is 11.6 Å². The van der Waals surface area contributed by atoms with Gasteiger partial charge in [-0.05, 0) is 45.0 Å². The summed E-state index contributed by atoms with van der Waals surface area (Å²) in [5.41, 5.74) is 0.102. The molecular weight excluding hydrogens is 292 g/mol. The molecule has 0 bridgehead atoms. The molecule has 0 atom stereocenters. The molecule has 0 spiro atoms. The van der Waals surface area contributed by atoms with Crippen molar-refractivity contribution in [3.8, 4) is 0 Å². The summed E-state index contributed by atoms with van der Waals surface area (Å²) in [6.07, 6.45) is 1.12. The van der Waals surface area contributed by atoms with Gasteiger partial charge in [-0.15, -0.1) is 0 Å². The topological polar surface area (TPSA) is 111 Å². The van der Waals surface area contributed by atoms with E-state index in [0.29, 0.717) is 5.69 Å². The van der Waals surface area contributed by atoms with Crippen LogP contribution < -0.4 is 16.0 Å². The number of hydrogen-bond donors (Lipinski definition) is 4. The lowest BCUT2D eigenvalue weighted by molar-refractivity contribution is 0.236. The van der Waals surface area contributed by atoms with Crippen LogP contribution in [0, 0.1) is 5.41 Å². The normalized spacial score (nSPS) is 11.6. The minimum atomic E-state index is -3.25. The fraction of sp³-hybridized carbons (Fsp3) is 0.385. The van der Waals surface area contributed by atoms with Crippen molar-refractivity contribution < 1.29 is 13.2 Å². The molecule has 1 aromatic rings. The van der Waals surface area contributed by atoms with Crippen molar-refractivity contribution >= 4 is 27.5 Å². The first kappa shape index (κ1) is 17.0. The molecule has 1 aromatic carbocycles.